The van der Waals surface area contributed by atoms with Crippen LogP contribution in [0.25, 0.3) is 6.08 Å². The molecule has 0 N–H and O–H groups in total. The fraction of sp³-hybridized carbons (Fsp3) is 0.0588. The summed E-state index contributed by atoms with van der Waals surface area (Å²) in [5.41, 5.74) is 1.14. The number of nitrogens with zero attached hydrogens (tertiary/aromatic N) is 1. The number of carbonyl (C=O) groups is 1. The Labute approximate surface area is 136 Å². The van der Waals surface area contributed by atoms with Gasteiger partial charge in [-0.15, -0.1) is 0 Å². The Balaban J connectivity index is 1.71. The van der Waals surface area contributed by atoms with Gasteiger partial charge in [0, 0.05) is 4.47 Å². The number of halogens is 1. The minimum absolute atomic E-state index is 0.117. The molecule has 4 nitrogen and oxygen atoms in total. The molecule has 1 aliphatic rings. The highest BCUT2D eigenvalue weighted by molar-refractivity contribution is 9.10. The SMILES string of the molecule is O=C1OC(COc2ccccc2)=N/C1=C/c1cccc(Br)c1. The van der Waals surface area contributed by atoms with Crippen LogP contribution in [-0.4, -0.2) is 18.5 Å². The second kappa shape index (κ2) is 6.58. The van der Waals surface area contributed by atoms with Gasteiger partial charge in [-0.2, -0.15) is 0 Å². The van der Waals surface area contributed by atoms with Crippen molar-refractivity contribution in [2.75, 3.05) is 6.61 Å². The van der Waals surface area contributed by atoms with Crippen LogP contribution in [0.5, 0.6) is 5.75 Å². The lowest BCUT2D eigenvalue weighted by molar-refractivity contribution is -0.130. The number of aliphatic imine (C=N–C) groups is 1. The summed E-state index contributed by atoms with van der Waals surface area (Å²) >= 11 is 3.39. The Kier molecular flexibility index (Phi) is 4.34. The summed E-state index contributed by atoms with van der Waals surface area (Å²) in [4.78, 5) is 16.0. The Hall–Kier alpha value is -2.40. The fourth-order valence-corrected chi connectivity index (χ4v) is 2.35. The van der Waals surface area contributed by atoms with Crippen molar-refractivity contribution in [3.8, 4) is 5.75 Å². The van der Waals surface area contributed by atoms with E-state index in [9.17, 15) is 4.79 Å². The van der Waals surface area contributed by atoms with Crippen LogP contribution in [0.15, 0.2) is 69.8 Å². The number of carbonyl (C=O) groups excluding carboxylic acids is 1. The predicted molar refractivity (Wildman–Crippen MR) is 87.6 cm³/mol. The van der Waals surface area contributed by atoms with Crippen molar-refractivity contribution >= 4 is 33.9 Å². The molecule has 3 rings (SSSR count). The summed E-state index contributed by atoms with van der Waals surface area (Å²) in [6.45, 7) is 0.117. The van der Waals surface area contributed by atoms with Crippen molar-refractivity contribution in [1.82, 2.24) is 0 Å². The average Bonchev–Trinajstić information content (AvgIpc) is 2.86. The molecule has 2 aromatic rings. The molecule has 0 unspecified atom stereocenters. The number of hydrogen-bond donors (Lipinski definition) is 0. The van der Waals surface area contributed by atoms with Gasteiger partial charge >= 0.3 is 5.97 Å². The molecule has 1 aliphatic heterocycles. The van der Waals surface area contributed by atoms with Gasteiger partial charge < -0.3 is 9.47 Å². The van der Waals surface area contributed by atoms with Crippen molar-refractivity contribution in [2.24, 2.45) is 4.99 Å². The largest absolute Gasteiger partial charge is 0.484 e. The van der Waals surface area contributed by atoms with Crippen LogP contribution in [0.1, 0.15) is 5.56 Å². The number of cyclic esters (lactones) is 1. The Bertz CT molecular complexity index is 754. The van der Waals surface area contributed by atoms with Gasteiger partial charge in [0.15, 0.2) is 12.3 Å². The quantitative estimate of drug-likeness (QED) is 0.617. The number of hydrogen-bond acceptors (Lipinski definition) is 4. The van der Waals surface area contributed by atoms with Gasteiger partial charge in [0.2, 0.25) is 5.90 Å². The van der Waals surface area contributed by atoms with Crippen molar-refractivity contribution in [3.63, 3.8) is 0 Å². The van der Waals surface area contributed by atoms with Gasteiger partial charge in [-0.3, -0.25) is 0 Å². The third kappa shape index (κ3) is 3.62. The van der Waals surface area contributed by atoms with Crippen LogP contribution in [0.4, 0.5) is 0 Å². The molecule has 22 heavy (non-hydrogen) atoms. The fourth-order valence-electron chi connectivity index (χ4n) is 1.93. The first kappa shape index (κ1) is 14.5. The first-order valence-corrected chi connectivity index (χ1v) is 7.45. The maximum atomic E-state index is 11.8. The summed E-state index contributed by atoms with van der Waals surface area (Å²) in [5.74, 6) is 0.493. The number of para-hydroxylation sites is 1. The molecule has 0 saturated carbocycles. The molecule has 110 valence electrons. The van der Waals surface area contributed by atoms with Crippen LogP contribution in [0, 0.1) is 0 Å². The second-order valence-electron chi connectivity index (χ2n) is 4.58. The van der Waals surface area contributed by atoms with Crippen LogP contribution in [0.3, 0.4) is 0 Å². The van der Waals surface area contributed by atoms with Crippen molar-refractivity contribution in [3.05, 3.63) is 70.3 Å². The van der Waals surface area contributed by atoms with E-state index in [4.69, 9.17) is 9.47 Å². The number of rotatable bonds is 4. The summed E-state index contributed by atoms with van der Waals surface area (Å²) in [7, 11) is 0. The van der Waals surface area contributed by atoms with E-state index in [0.29, 0.717) is 5.75 Å². The Morgan fingerprint density at radius 1 is 1.14 bits per heavy atom. The van der Waals surface area contributed by atoms with Gasteiger partial charge in [0.1, 0.15) is 5.75 Å². The third-order valence-electron chi connectivity index (χ3n) is 2.92. The van der Waals surface area contributed by atoms with E-state index in [1.807, 2.05) is 54.6 Å². The molecule has 0 saturated heterocycles. The minimum Gasteiger partial charge on any atom is -0.484 e. The van der Waals surface area contributed by atoms with Crippen LogP contribution >= 0.6 is 15.9 Å². The number of ether oxygens (including phenoxy) is 2. The summed E-state index contributed by atoms with van der Waals surface area (Å²) in [5, 5.41) is 0. The molecule has 0 fully saturated rings. The van der Waals surface area contributed by atoms with Crippen molar-refractivity contribution < 1.29 is 14.3 Å². The molecule has 5 heteroatoms. The van der Waals surface area contributed by atoms with Crippen molar-refractivity contribution in [2.45, 2.75) is 0 Å². The molecule has 1 heterocycles. The number of esters is 1. The lowest BCUT2D eigenvalue weighted by Crippen LogP contribution is -2.13. The standard InChI is InChI=1S/C17H12BrNO3/c18-13-6-4-5-12(9-13)10-15-17(20)22-16(19-15)11-21-14-7-2-1-3-8-14/h1-10H,11H2/b15-10+. The normalized spacial score (nSPS) is 15.6. The molecular formula is C17H12BrNO3. The molecule has 0 spiro atoms. The highest BCUT2D eigenvalue weighted by atomic mass is 79.9. The first-order valence-electron chi connectivity index (χ1n) is 6.65. The molecule has 0 atom stereocenters. The topological polar surface area (TPSA) is 47.9 Å². The van der Waals surface area contributed by atoms with Gasteiger partial charge in [-0.05, 0) is 35.9 Å². The summed E-state index contributed by atoms with van der Waals surface area (Å²) in [6.07, 6.45) is 1.68. The van der Waals surface area contributed by atoms with E-state index < -0.39 is 5.97 Å². The lowest BCUT2D eigenvalue weighted by atomic mass is 10.2. The van der Waals surface area contributed by atoms with E-state index in [2.05, 4.69) is 20.9 Å². The minimum atomic E-state index is -0.466. The molecule has 0 amide bonds. The van der Waals surface area contributed by atoms with E-state index >= 15 is 0 Å². The zero-order valence-electron chi connectivity index (χ0n) is 11.5. The van der Waals surface area contributed by atoms with Crippen molar-refractivity contribution in [1.29, 1.82) is 0 Å². The Morgan fingerprint density at radius 2 is 1.95 bits per heavy atom. The lowest BCUT2D eigenvalue weighted by Gasteiger charge is -2.03. The molecule has 2 aromatic carbocycles. The monoisotopic (exact) mass is 357 g/mol. The second-order valence-corrected chi connectivity index (χ2v) is 5.50. The van der Waals surface area contributed by atoms with E-state index in [-0.39, 0.29) is 18.2 Å². The predicted octanol–water partition coefficient (Wildman–Crippen LogP) is 3.82. The molecular weight excluding hydrogens is 346 g/mol. The maximum absolute atomic E-state index is 11.8. The van der Waals surface area contributed by atoms with Gasteiger partial charge in [-0.1, -0.05) is 46.3 Å². The summed E-state index contributed by atoms with van der Waals surface area (Å²) in [6, 6.07) is 16.9. The molecule has 0 aromatic heterocycles. The van der Waals surface area contributed by atoms with Gasteiger partial charge in [0.25, 0.3) is 0 Å². The van der Waals surface area contributed by atoms with Crippen LogP contribution in [-0.2, 0) is 9.53 Å². The smallest absolute Gasteiger partial charge is 0.363 e. The summed E-state index contributed by atoms with van der Waals surface area (Å²) < 4.78 is 11.6. The zero-order chi connectivity index (χ0) is 15.4. The third-order valence-corrected chi connectivity index (χ3v) is 3.42. The molecule has 0 bridgehead atoms. The molecule has 0 aliphatic carbocycles. The van der Waals surface area contributed by atoms with Gasteiger partial charge in [-0.25, -0.2) is 9.79 Å². The highest BCUT2D eigenvalue weighted by Gasteiger charge is 2.23. The molecule has 0 radical (unpaired) electrons. The average molecular weight is 358 g/mol. The highest BCUT2D eigenvalue weighted by Crippen LogP contribution is 2.19. The van der Waals surface area contributed by atoms with Crippen LogP contribution in [0.2, 0.25) is 0 Å². The zero-order valence-corrected chi connectivity index (χ0v) is 13.1. The first-order chi connectivity index (χ1) is 10.7. The Morgan fingerprint density at radius 3 is 2.73 bits per heavy atom. The van der Waals surface area contributed by atoms with E-state index in [0.717, 1.165) is 10.0 Å². The van der Waals surface area contributed by atoms with E-state index in [1.54, 1.807) is 6.08 Å². The van der Waals surface area contributed by atoms with Gasteiger partial charge in [0.05, 0.1) is 0 Å². The number of benzene rings is 2. The van der Waals surface area contributed by atoms with Crippen LogP contribution < -0.4 is 4.74 Å². The maximum Gasteiger partial charge on any atom is 0.363 e. The van der Waals surface area contributed by atoms with E-state index in [1.165, 1.54) is 0 Å².